The topological polar surface area (TPSA) is 128 Å². The first-order chi connectivity index (χ1) is 17.6. The van der Waals surface area contributed by atoms with Crippen molar-refractivity contribution in [1.29, 1.82) is 0 Å². The van der Waals surface area contributed by atoms with Crippen LogP contribution in [0.3, 0.4) is 0 Å². The fourth-order valence-corrected chi connectivity index (χ4v) is 3.29. The lowest BCUT2D eigenvalue weighted by Gasteiger charge is -2.27. The Morgan fingerprint density at radius 2 is 1.57 bits per heavy atom. The van der Waals surface area contributed by atoms with Crippen LogP contribution in [0.1, 0.15) is 53.0 Å². The molecule has 0 saturated heterocycles. The van der Waals surface area contributed by atoms with Gasteiger partial charge in [0.1, 0.15) is 11.4 Å². The van der Waals surface area contributed by atoms with E-state index in [-0.39, 0.29) is 30.9 Å². The zero-order valence-electron chi connectivity index (χ0n) is 21.1. The zero-order valence-corrected chi connectivity index (χ0v) is 21.1. The molecule has 10 nitrogen and oxygen atoms in total. The zero-order chi connectivity index (χ0) is 27.0. The predicted octanol–water partition coefficient (Wildman–Crippen LogP) is 3.76. The van der Waals surface area contributed by atoms with Gasteiger partial charge in [0, 0.05) is 19.5 Å². The molecule has 0 spiro atoms. The van der Waals surface area contributed by atoms with Gasteiger partial charge in [0.15, 0.2) is 5.69 Å². The fourth-order valence-electron chi connectivity index (χ4n) is 3.29. The number of nitrogens with one attached hydrogen (secondary N) is 1. The van der Waals surface area contributed by atoms with Gasteiger partial charge in [-0.25, -0.2) is 19.4 Å². The summed E-state index contributed by atoms with van der Waals surface area (Å²) in [6, 6.07) is 17.4. The number of benzene rings is 2. The van der Waals surface area contributed by atoms with Crippen molar-refractivity contribution < 1.29 is 28.6 Å². The summed E-state index contributed by atoms with van der Waals surface area (Å²) in [6.07, 6.45) is -0.460. The molecule has 0 fully saturated rings. The number of ether oxygens (including phenoxy) is 3. The Bertz CT molecular complexity index is 1300. The lowest BCUT2D eigenvalue weighted by molar-refractivity contribution is 0.0234. The number of rotatable bonds is 8. The van der Waals surface area contributed by atoms with E-state index in [0.29, 0.717) is 0 Å². The minimum Gasteiger partial charge on any atom is -0.464 e. The summed E-state index contributed by atoms with van der Waals surface area (Å²) < 4.78 is 15.5. The molecular formula is C27H29N3O7. The molecule has 1 heterocycles. The highest BCUT2D eigenvalue weighted by atomic mass is 16.6. The molecule has 0 aliphatic rings. The second-order valence-corrected chi connectivity index (χ2v) is 9.07. The second kappa shape index (κ2) is 12.0. The van der Waals surface area contributed by atoms with Gasteiger partial charge in [-0.2, -0.15) is 0 Å². The number of methoxy groups -OCH3 is 1. The number of H-pyrrole nitrogens is 1. The molecule has 2 aromatic carbocycles. The molecule has 0 atom stereocenters. The van der Waals surface area contributed by atoms with E-state index in [0.717, 1.165) is 12.7 Å². The molecule has 1 amide bonds. The Morgan fingerprint density at radius 3 is 2.16 bits per heavy atom. The number of aromatic nitrogens is 2. The highest BCUT2D eigenvalue weighted by Crippen LogP contribution is 2.16. The number of nitrogens with zero attached hydrogens (tertiary/aromatic N) is 2. The number of amides is 1. The highest BCUT2D eigenvalue weighted by molar-refractivity contribution is 5.94. The van der Waals surface area contributed by atoms with Crippen LogP contribution in [-0.2, 0) is 22.4 Å². The summed E-state index contributed by atoms with van der Waals surface area (Å²) in [7, 11) is 1.12. The van der Waals surface area contributed by atoms with Crippen molar-refractivity contribution in [2.75, 3.05) is 13.7 Å². The summed E-state index contributed by atoms with van der Waals surface area (Å²) in [6.45, 7) is 5.68. The molecule has 3 rings (SSSR count). The molecule has 0 aliphatic heterocycles. The molecule has 0 radical (unpaired) electrons. The predicted molar refractivity (Wildman–Crippen MR) is 134 cm³/mol. The first-order valence-corrected chi connectivity index (χ1v) is 11.6. The van der Waals surface area contributed by atoms with E-state index in [4.69, 9.17) is 14.2 Å². The van der Waals surface area contributed by atoms with Crippen LogP contribution in [0, 0.1) is 0 Å². The normalized spacial score (nSPS) is 10.9. The molecule has 37 heavy (non-hydrogen) atoms. The van der Waals surface area contributed by atoms with Crippen molar-refractivity contribution in [3.05, 3.63) is 93.7 Å². The van der Waals surface area contributed by atoms with Gasteiger partial charge in [-0.3, -0.25) is 4.79 Å². The van der Waals surface area contributed by atoms with E-state index >= 15 is 0 Å². The molecule has 0 aliphatic carbocycles. The van der Waals surface area contributed by atoms with Gasteiger partial charge >= 0.3 is 18.0 Å². The van der Waals surface area contributed by atoms with Crippen LogP contribution in [0.2, 0.25) is 0 Å². The van der Waals surface area contributed by atoms with Crippen LogP contribution in [0.5, 0.6) is 5.75 Å². The number of carbonyl (C=O) groups is 3. The van der Waals surface area contributed by atoms with E-state index in [9.17, 15) is 19.2 Å². The lowest BCUT2D eigenvalue weighted by atomic mass is 10.2. The number of esters is 2. The van der Waals surface area contributed by atoms with E-state index in [1.807, 2.05) is 30.3 Å². The Balaban J connectivity index is 1.85. The van der Waals surface area contributed by atoms with Gasteiger partial charge in [0.2, 0.25) is 5.75 Å². The third-order valence-corrected chi connectivity index (χ3v) is 5.00. The van der Waals surface area contributed by atoms with Crippen LogP contribution >= 0.6 is 0 Å². The van der Waals surface area contributed by atoms with Crippen LogP contribution in [-0.4, -0.2) is 52.2 Å². The molecule has 194 valence electrons. The van der Waals surface area contributed by atoms with Gasteiger partial charge in [0.05, 0.1) is 12.7 Å². The van der Waals surface area contributed by atoms with Crippen LogP contribution in [0.4, 0.5) is 4.79 Å². The summed E-state index contributed by atoms with van der Waals surface area (Å²) in [4.78, 5) is 58.7. The number of hydrogen-bond acceptors (Lipinski definition) is 8. The molecule has 10 heteroatoms. The van der Waals surface area contributed by atoms with Crippen molar-refractivity contribution >= 4 is 18.0 Å². The van der Waals surface area contributed by atoms with E-state index < -0.39 is 40.6 Å². The summed E-state index contributed by atoms with van der Waals surface area (Å²) in [5, 5.41) is 0. The van der Waals surface area contributed by atoms with Crippen molar-refractivity contribution in [2.24, 2.45) is 0 Å². The van der Waals surface area contributed by atoms with Crippen molar-refractivity contribution in [3.63, 3.8) is 0 Å². The van der Waals surface area contributed by atoms with Gasteiger partial charge in [-0.05, 0) is 38.5 Å². The van der Waals surface area contributed by atoms with Crippen molar-refractivity contribution in [1.82, 2.24) is 14.9 Å². The third-order valence-electron chi connectivity index (χ3n) is 5.00. The van der Waals surface area contributed by atoms with E-state index in [2.05, 4.69) is 9.97 Å². The fraction of sp³-hybridized carbons (Fsp3) is 0.296. The van der Waals surface area contributed by atoms with Crippen LogP contribution in [0.15, 0.2) is 65.5 Å². The van der Waals surface area contributed by atoms with Gasteiger partial charge in [-0.1, -0.05) is 48.5 Å². The van der Waals surface area contributed by atoms with Gasteiger partial charge in [-0.15, -0.1) is 0 Å². The maximum absolute atomic E-state index is 12.9. The first kappa shape index (κ1) is 27.1. The van der Waals surface area contributed by atoms with Gasteiger partial charge in [0.25, 0.3) is 5.56 Å². The van der Waals surface area contributed by atoms with Crippen LogP contribution in [0.25, 0.3) is 0 Å². The Labute approximate surface area is 214 Å². The maximum atomic E-state index is 12.9. The average Bonchev–Trinajstić information content (AvgIpc) is 2.87. The minimum atomic E-state index is -0.948. The molecule has 1 N–H and O–H groups in total. The minimum absolute atomic E-state index is 0.0816. The average molecular weight is 508 g/mol. The SMILES string of the molecule is COC(=O)c1nc(CCN(Cc2ccccc2)C(=O)OC(C)(C)C)[nH]c(=O)c1OC(=O)c1ccccc1. The monoisotopic (exact) mass is 507 g/mol. The smallest absolute Gasteiger partial charge is 0.410 e. The molecule has 3 aromatic rings. The van der Waals surface area contributed by atoms with E-state index in [1.54, 1.807) is 39.0 Å². The molecule has 0 bridgehead atoms. The molecule has 0 unspecified atom stereocenters. The first-order valence-electron chi connectivity index (χ1n) is 11.6. The number of carbonyl (C=O) groups excluding carboxylic acids is 3. The Hall–Kier alpha value is -4.47. The van der Waals surface area contributed by atoms with Crippen molar-refractivity contribution in [2.45, 2.75) is 39.3 Å². The largest absolute Gasteiger partial charge is 0.464 e. The Kier molecular flexibility index (Phi) is 8.78. The molecule has 0 saturated carbocycles. The highest BCUT2D eigenvalue weighted by Gasteiger charge is 2.26. The standard InChI is InChI=1S/C27H29N3O7/c1-27(2,3)37-26(34)30(17-18-11-7-5-8-12-18)16-15-20-28-21(25(33)35-4)22(23(31)29-20)36-24(32)19-13-9-6-10-14-19/h5-14H,15-17H2,1-4H3,(H,28,29,31). The van der Waals surface area contributed by atoms with Crippen LogP contribution < -0.4 is 10.3 Å². The second-order valence-electron chi connectivity index (χ2n) is 9.07. The summed E-state index contributed by atoms with van der Waals surface area (Å²) in [5.41, 5.74) is -0.913. The number of aromatic amines is 1. The summed E-state index contributed by atoms with van der Waals surface area (Å²) >= 11 is 0. The molecule has 1 aromatic heterocycles. The maximum Gasteiger partial charge on any atom is 0.410 e. The van der Waals surface area contributed by atoms with Crippen molar-refractivity contribution in [3.8, 4) is 5.75 Å². The quantitative estimate of drug-likeness (QED) is 0.457. The lowest BCUT2D eigenvalue weighted by Crippen LogP contribution is -2.38. The van der Waals surface area contributed by atoms with E-state index in [1.165, 1.54) is 17.0 Å². The Morgan fingerprint density at radius 1 is 0.946 bits per heavy atom. The third kappa shape index (κ3) is 7.76. The molecular weight excluding hydrogens is 478 g/mol. The van der Waals surface area contributed by atoms with Gasteiger partial charge < -0.3 is 24.1 Å². The summed E-state index contributed by atoms with van der Waals surface area (Å²) in [5.74, 6) is -2.24. The number of hydrogen-bond donors (Lipinski definition) is 1.